The summed E-state index contributed by atoms with van der Waals surface area (Å²) in [4.78, 5) is 10.7. The van der Waals surface area contributed by atoms with Crippen molar-refractivity contribution in [1.82, 2.24) is 5.32 Å². The highest BCUT2D eigenvalue weighted by molar-refractivity contribution is 5.88. The van der Waals surface area contributed by atoms with Crippen LogP contribution in [0.3, 0.4) is 0 Å². The minimum Gasteiger partial charge on any atom is -0.516 e. The molecule has 0 rings (SSSR count). The summed E-state index contributed by atoms with van der Waals surface area (Å²) in [6.45, 7) is 1.17. The van der Waals surface area contributed by atoms with E-state index < -0.39 is 18.7 Å². The van der Waals surface area contributed by atoms with Crippen LogP contribution in [0.25, 0.3) is 0 Å². The topological polar surface area (TPSA) is 69.6 Å². The number of carbonyl (C=O) groups is 1. The molecule has 3 N–H and O–H groups in total. The molecule has 5 heteroatoms. The van der Waals surface area contributed by atoms with E-state index >= 15 is 0 Å². The molecule has 0 amide bonds. The fourth-order valence-electron chi connectivity index (χ4n) is 0.929. The first-order valence-corrected chi connectivity index (χ1v) is 4.17. The second-order valence-electron chi connectivity index (χ2n) is 2.63. The first-order valence-electron chi connectivity index (χ1n) is 4.17. The molecule has 0 aromatic heterocycles. The largest absolute Gasteiger partial charge is 0.516 e. The molecule has 0 saturated heterocycles. The molecule has 0 aliphatic rings. The summed E-state index contributed by atoms with van der Waals surface area (Å²) in [5, 5.41) is 19.8. The van der Waals surface area contributed by atoms with Crippen LogP contribution in [0.5, 0.6) is 0 Å². The Balaban J connectivity index is 4.41. The van der Waals surface area contributed by atoms with Gasteiger partial charge in [0.15, 0.2) is 0 Å². The summed E-state index contributed by atoms with van der Waals surface area (Å²) in [7, 11) is 0. The van der Waals surface area contributed by atoms with Gasteiger partial charge < -0.3 is 15.5 Å². The third-order valence-corrected chi connectivity index (χ3v) is 1.62. The van der Waals surface area contributed by atoms with Gasteiger partial charge in [-0.1, -0.05) is 0 Å². The van der Waals surface area contributed by atoms with Gasteiger partial charge in [0, 0.05) is 12.6 Å². The maximum atomic E-state index is 11.8. The van der Waals surface area contributed by atoms with E-state index in [2.05, 4.69) is 5.32 Å². The number of rotatable bonds is 6. The van der Waals surface area contributed by atoms with Crippen LogP contribution in [0.4, 0.5) is 4.39 Å². The van der Waals surface area contributed by atoms with Crippen LogP contribution in [-0.2, 0) is 4.79 Å². The number of aliphatic carboxylic acids is 1. The van der Waals surface area contributed by atoms with Crippen LogP contribution in [0.2, 0.25) is 0 Å². The van der Waals surface area contributed by atoms with Crippen LogP contribution < -0.4 is 5.32 Å². The quantitative estimate of drug-likeness (QED) is 0.342. The molecule has 80 valence electrons. The molecular weight excluding hydrogens is 189 g/mol. The van der Waals surface area contributed by atoms with Crippen molar-refractivity contribution in [3.63, 3.8) is 0 Å². The maximum Gasteiger partial charge on any atom is 0.333 e. The standard InChI is InChI=1S/C9H14FNO3/c1-7(11-5-4-10)8(9(13)14)3-2-6-12/h2-3,6-7,11-12H,4-5H2,1H3,(H,13,14)/b6-2+,8-3+. The van der Waals surface area contributed by atoms with E-state index in [1.165, 1.54) is 12.2 Å². The van der Waals surface area contributed by atoms with E-state index in [0.29, 0.717) is 0 Å². The number of allylic oxidation sites excluding steroid dienone is 2. The first kappa shape index (κ1) is 12.6. The Labute approximate surface area is 81.7 Å². The fraction of sp³-hybridized carbons (Fsp3) is 0.444. The van der Waals surface area contributed by atoms with Crippen molar-refractivity contribution in [2.45, 2.75) is 13.0 Å². The van der Waals surface area contributed by atoms with Gasteiger partial charge >= 0.3 is 5.97 Å². The van der Waals surface area contributed by atoms with E-state index in [-0.39, 0.29) is 12.1 Å². The molecule has 1 unspecified atom stereocenters. The van der Waals surface area contributed by atoms with Gasteiger partial charge in [0.2, 0.25) is 0 Å². The average Bonchev–Trinajstić information content (AvgIpc) is 2.14. The minimum atomic E-state index is -1.10. The molecule has 0 fully saturated rings. The molecule has 0 bridgehead atoms. The van der Waals surface area contributed by atoms with Crippen molar-refractivity contribution in [3.05, 3.63) is 24.0 Å². The molecule has 0 saturated carbocycles. The molecular formula is C9H14FNO3. The first-order chi connectivity index (χ1) is 6.63. The van der Waals surface area contributed by atoms with Gasteiger partial charge in [-0.15, -0.1) is 0 Å². The molecule has 0 spiro atoms. The van der Waals surface area contributed by atoms with Crippen molar-refractivity contribution < 1.29 is 19.4 Å². The molecule has 0 aromatic carbocycles. The van der Waals surface area contributed by atoms with Gasteiger partial charge in [0.1, 0.15) is 6.67 Å². The number of alkyl halides is 1. The lowest BCUT2D eigenvalue weighted by atomic mass is 10.1. The minimum absolute atomic E-state index is 0.0729. The number of nitrogens with one attached hydrogen (secondary N) is 1. The SMILES string of the molecule is CC(NCCF)/C(=C\C=C\O)C(=O)O. The van der Waals surface area contributed by atoms with Crippen molar-refractivity contribution in [2.75, 3.05) is 13.2 Å². The number of aliphatic hydroxyl groups excluding tert-OH is 1. The Morgan fingerprint density at radius 3 is 2.71 bits per heavy atom. The molecule has 4 nitrogen and oxygen atoms in total. The molecule has 0 aliphatic heterocycles. The molecule has 0 heterocycles. The number of halogens is 1. The molecule has 0 aromatic rings. The highest BCUT2D eigenvalue weighted by Gasteiger charge is 2.14. The summed E-state index contributed by atoms with van der Waals surface area (Å²) >= 11 is 0. The van der Waals surface area contributed by atoms with E-state index in [0.717, 1.165) is 6.26 Å². The van der Waals surface area contributed by atoms with Crippen molar-refractivity contribution in [2.24, 2.45) is 0 Å². The number of hydrogen-bond donors (Lipinski definition) is 3. The van der Waals surface area contributed by atoms with Gasteiger partial charge in [0.05, 0.1) is 11.8 Å². The lowest BCUT2D eigenvalue weighted by molar-refractivity contribution is -0.133. The third kappa shape index (κ3) is 4.61. The fourth-order valence-corrected chi connectivity index (χ4v) is 0.929. The number of hydrogen-bond acceptors (Lipinski definition) is 3. The van der Waals surface area contributed by atoms with Crippen molar-refractivity contribution >= 4 is 5.97 Å². The van der Waals surface area contributed by atoms with Crippen LogP contribution in [0.15, 0.2) is 24.0 Å². The zero-order chi connectivity index (χ0) is 11.0. The predicted molar refractivity (Wildman–Crippen MR) is 50.9 cm³/mol. The lowest BCUT2D eigenvalue weighted by Crippen LogP contribution is -2.32. The molecule has 0 radical (unpaired) electrons. The average molecular weight is 203 g/mol. The smallest absolute Gasteiger partial charge is 0.333 e. The lowest BCUT2D eigenvalue weighted by Gasteiger charge is -2.12. The summed E-state index contributed by atoms with van der Waals surface area (Å²) in [5.41, 5.74) is 0.0729. The Kier molecular flexibility index (Phi) is 6.39. The summed E-state index contributed by atoms with van der Waals surface area (Å²) in [6, 6.07) is -0.459. The van der Waals surface area contributed by atoms with Crippen molar-refractivity contribution in [1.29, 1.82) is 0 Å². The van der Waals surface area contributed by atoms with E-state index in [1.54, 1.807) is 6.92 Å². The molecule has 0 aliphatic carbocycles. The third-order valence-electron chi connectivity index (χ3n) is 1.62. The van der Waals surface area contributed by atoms with Crippen LogP contribution in [0.1, 0.15) is 6.92 Å². The Hall–Kier alpha value is -1.36. The molecule has 1 atom stereocenters. The van der Waals surface area contributed by atoms with Crippen LogP contribution in [0, 0.1) is 0 Å². The summed E-state index contributed by atoms with van der Waals surface area (Å²) < 4.78 is 11.8. The summed E-state index contributed by atoms with van der Waals surface area (Å²) in [6.07, 6.45) is 3.21. The predicted octanol–water partition coefficient (Wildman–Crippen LogP) is 1.02. The van der Waals surface area contributed by atoms with E-state index in [9.17, 15) is 9.18 Å². The highest BCUT2D eigenvalue weighted by atomic mass is 19.1. The van der Waals surface area contributed by atoms with Gasteiger partial charge in [-0.25, -0.2) is 9.18 Å². The van der Waals surface area contributed by atoms with Crippen LogP contribution in [-0.4, -0.2) is 35.4 Å². The Bertz CT molecular complexity index is 238. The monoisotopic (exact) mass is 203 g/mol. The van der Waals surface area contributed by atoms with Crippen LogP contribution >= 0.6 is 0 Å². The Morgan fingerprint density at radius 2 is 2.29 bits per heavy atom. The Morgan fingerprint density at radius 1 is 1.64 bits per heavy atom. The summed E-state index contributed by atoms with van der Waals surface area (Å²) in [5.74, 6) is -1.10. The van der Waals surface area contributed by atoms with Gasteiger partial charge in [-0.05, 0) is 19.1 Å². The van der Waals surface area contributed by atoms with Gasteiger partial charge in [0.25, 0.3) is 0 Å². The second-order valence-corrected chi connectivity index (χ2v) is 2.63. The van der Waals surface area contributed by atoms with E-state index in [1.807, 2.05) is 0 Å². The molecule has 14 heavy (non-hydrogen) atoms. The number of aliphatic hydroxyl groups is 1. The number of carboxylic acids is 1. The highest BCUT2D eigenvalue weighted by Crippen LogP contribution is 2.02. The van der Waals surface area contributed by atoms with Gasteiger partial charge in [-0.2, -0.15) is 0 Å². The van der Waals surface area contributed by atoms with E-state index in [4.69, 9.17) is 10.2 Å². The zero-order valence-corrected chi connectivity index (χ0v) is 7.90. The van der Waals surface area contributed by atoms with Gasteiger partial charge in [-0.3, -0.25) is 0 Å². The normalized spacial score (nSPS) is 14.6. The maximum absolute atomic E-state index is 11.8. The van der Waals surface area contributed by atoms with Crippen molar-refractivity contribution in [3.8, 4) is 0 Å². The second kappa shape index (κ2) is 7.08. The number of carboxylic acid groups (broad SMARTS) is 1. The zero-order valence-electron chi connectivity index (χ0n) is 7.90.